The molecule has 0 spiro atoms. The number of nitro groups is 2. The highest BCUT2D eigenvalue weighted by atomic mass is 16.6. The molecule has 0 saturated carbocycles. The van der Waals surface area contributed by atoms with Crippen LogP contribution in [0.15, 0.2) is 41.5 Å². The summed E-state index contributed by atoms with van der Waals surface area (Å²) in [5.41, 5.74) is 1.99. The number of nitro benzene ring substituents is 2. The molecule has 0 heterocycles. The molecule has 0 aromatic heterocycles. The number of non-ortho nitro benzene ring substituents is 1. The fourth-order valence-corrected chi connectivity index (χ4v) is 2.31. The number of ether oxygens (including phenoxy) is 2. The Labute approximate surface area is 165 Å². The molecule has 1 N–H and O–H groups in total. The molecule has 0 radical (unpaired) electrons. The number of carbonyl (C=O) groups is 1. The van der Waals surface area contributed by atoms with E-state index in [1.54, 1.807) is 13.8 Å². The number of hydrogen-bond acceptors (Lipinski definition) is 8. The first-order chi connectivity index (χ1) is 13.7. The van der Waals surface area contributed by atoms with Gasteiger partial charge in [-0.1, -0.05) is 6.07 Å². The molecular weight excluding hydrogens is 384 g/mol. The summed E-state index contributed by atoms with van der Waals surface area (Å²) in [5.74, 6) is -0.546. The van der Waals surface area contributed by atoms with Gasteiger partial charge < -0.3 is 9.47 Å². The van der Waals surface area contributed by atoms with Crippen LogP contribution in [-0.2, 0) is 0 Å². The van der Waals surface area contributed by atoms with Gasteiger partial charge in [0.2, 0.25) is 5.75 Å². The van der Waals surface area contributed by atoms with Gasteiger partial charge >= 0.3 is 5.69 Å². The van der Waals surface area contributed by atoms with Crippen LogP contribution in [0.2, 0.25) is 0 Å². The number of methoxy groups -OCH3 is 1. The molecule has 0 aliphatic rings. The Morgan fingerprint density at radius 2 is 1.90 bits per heavy atom. The van der Waals surface area contributed by atoms with Crippen LogP contribution >= 0.6 is 0 Å². The molecule has 0 aliphatic heterocycles. The largest absolute Gasteiger partial charge is 0.493 e. The van der Waals surface area contributed by atoms with Crippen molar-refractivity contribution < 1.29 is 24.1 Å². The quantitative estimate of drug-likeness (QED) is 0.405. The number of hydrogen-bond donors (Lipinski definition) is 1. The summed E-state index contributed by atoms with van der Waals surface area (Å²) in [6.07, 6.45) is 0.876. The molecule has 1 amide bonds. The highest BCUT2D eigenvalue weighted by Crippen LogP contribution is 2.38. The lowest BCUT2D eigenvalue weighted by Crippen LogP contribution is -2.17. The zero-order valence-corrected chi connectivity index (χ0v) is 15.8. The Morgan fingerprint density at radius 3 is 2.48 bits per heavy atom. The van der Waals surface area contributed by atoms with Gasteiger partial charge in [-0.3, -0.25) is 25.0 Å². The molecule has 152 valence electrons. The van der Waals surface area contributed by atoms with Crippen molar-refractivity contribution in [1.29, 1.82) is 0 Å². The molecule has 2 aromatic rings. The van der Waals surface area contributed by atoms with Crippen molar-refractivity contribution in [3.8, 4) is 11.5 Å². The first-order valence-corrected chi connectivity index (χ1v) is 8.34. The van der Waals surface area contributed by atoms with E-state index < -0.39 is 15.8 Å². The average molecular weight is 402 g/mol. The molecule has 29 heavy (non-hydrogen) atoms. The minimum atomic E-state index is -0.675. The van der Waals surface area contributed by atoms with E-state index in [4.69, 9.17) is 9.47 Å². The summed E-state index contributed by atoms with van der Waals surface area (Å²) in [5, 5.41) is 25.9. The molecule has 0 atom stereocenters. The van der Waals surface area contributed by atoms with Gasteiger partial charge in [0.15, 0.2) is 5.75 Å². The molecule has 2 rings (SSSR count). The molecule has 0 aliphatic carbocycles. The van der Waals surface area contributed by atoms with E-state index in [1.807, 2.05) is 0 Å². The van der Waals surface area contributed by atoms with Crippen molar-refractivity contribution in [2.45, 2.75) is 20.0 Å². The molecule has 2 aromatic carbocycles. The summed E-state index contributed by atoms with van der Waals surface area (Å²) >= 11 is 0. The minimum Gasteiger partial charge on any atom is -0.493 e. The second kappa shape index (κ2) is 9.26. The Bertz CT molecular complexity index is 973. The summed E-state index contributed by atoms with van der Waals surface area (Å²) in [4.78, 5) is 33.0. The predicted molar refractivity (Wildman–Crippen MR) is 104 cm³/mol. The lowest BCUT2D eigenvalue weighted by atomic mass is 10.2. The predicted octanol–water partition coefficient (Wildman–Crippen LogP) is 3.06. The van der Waals surface area contributed by atoms with Crippen molar-refractivity contribution in [3.63, 3.8) is 0 Å². The molecule has 0 unspecified atom stereocenters. The molecule has 0 bridgehead atoms. The standard InChI is InChI=1S/C18H18N4O7/c1-11(2)29-17-15(22(26)27)7-12(8-16(17)28-3)10-19-20-18(23)13-5-4-6-14(9-13)21(24)25/h4-11H,1-3H3,(H,20,23)/b19-10+. The van der Waals surface area contributed by atoms with E-state index >= 15 is 0 Å². The van der Waals surface area contributed by atoms with E-state index in [-0.39, 0.29) is 40.1 Å². The maximum atomic E-state index is 12.1. The zero-order chi connectivity index (χ0) is 21.6. The highest BCUT2D eigenvalue weighted by Gasteiger charge is 2.23. The lowest BCUT2D eigenvalue weighted by Gasteiger charge is -2.14. The third-order valence-electron chi connectivity index (χ3n) is 3.53. The first-order valence-electron chi connectivity index (χ1n) is 8.34. The highest BCUT2D eigenvalue weighted by molar-refractivity contribution is 5.95. The Kier molecular flexibility index (Phi) is 6.80. The third-order valence-corrected chi connectivity index (χ3v) is 3.53. The van der Waals surface area contributed by atoms with Crippen LogP contribution in [0, 0.1) is 20.2 Å². The topological polar surface area (TPSA) is 146 Å². The molecule has 0 saturated heterocycles. The number of amides is 1. The Balaban J connectivity index is 2.25. The number of carbonyl (C=O) groups excluding carboxylic acids is 1. The summed E-state index contributed by atoms with van der Waals surface area (Å²) in [7, 11) is 1.34. The molecule has 11 heteroatoms. The lowest BCUT2D eigenvalue weighted by molar-refractivity contribution is -0.386. The van der Waals surface area contributed by atoms with Crippen molar-refractivity contribution in [2.75, 3.05) is 7.11 Å². The van der Waals surface area contributed by atoms with E-state index in [1.165, 1.54) is 43.7 Å². The number of hydrazone groups is 1. The van der Waals surface area contributed by atoms with Gasteiger partial charge in [-0.05, 0) is 26.0 Å². The van der Waals surface area contributed by atoms with Crippen molar-refractivity contribution in [2.24, 2.45) is 5.10 Å². The van der Waals surface area contributed by atoms with E-state index in [0.29, 0.717) is 0 Å². The normalized spacial score (nSPS) is 10.8. The van der Waals surface area contributed by atoms with Gasteiger partial charge in [0, 0.05) is 29.3 Å². The molecule has 11 nitrogen and oxygen atoms in total. The smallest absolute Gasteiger partial charge is 0.315 e. The number of nitrogens with zero attached hydrogens (tertiary/aromatic N) is 3. The second-order valence-corrected chi connectivity index (χ2v) is 6.00. The van der Waals surface area contributed by atoms with E-state index in [9.17, 15) is 25.0 Å². The average Bonchev–Trinajstić information content (AvgIpc) is 2.68. The SMILES string of the molecule is COc1cc(/C=N/NC(=O)c2cccc([N+](=O)[O-])c2)cc([N+](=O)[O-])c1OC(C)C. The maximum absolute atomic E-state index is 12.1. The first kappa shape index (κ1) is 21.3. The van der Waals surface area contributed by atoms with Crippen LogP contribution in [0.3, 0.4) is 0 Å². The van der Waals surface area contributed by atoms with E-state index in [0.717, 1.165) is 6.07 Å². The van der Waals surface area contributed by atoms with Crippen molar-refractivity contribution >= 4 is 23.5 Å². The molecule has 0 fully saturated rings. The van der Waals surface area contributed by atoms with Gasteiger partial charge in [0.25, 0.3) is 11.6 Å². The van der Waals surface area contributed by atoms with Gasteiger partial charge in [-0.25, -0.2) is 5.43 Å². The van der Waals surface area contributed by atoms with Crippen LogP contribution < -0.4 is 14.9 Å². The summed E-state index contributed by atoms with van der Waals surface area (Å²) in [6, 6.07) is 7.82. The maximum Gasteiger partial charge on any atom is 0.315 e. The Morgan fingerprint density at radius 1 is 1.17 bits per heavy atom. The van der Waals surface area contributed by atoms with Gasteiger partial charge in [0.1, 0.15) is 0 Å². The third kappa shape index (κ3) is 5.48. The van der Waals surface area contributed by atoms with Gasteiger partial charge in [-0.2, -0.15) is 5.10 Å². The van der Waals surface area contributed by atoms with Gasteiger partial charge in [0.05, 0.1) is 29.3 Å². The van der Waals surface area contributed by atoms with Crippen LogP contribution in [0.5, 0.6) is 11.5 Å². The van der Waals surface area contributed by atoms with Crippen LogP contribution in [0.4, 0.5) is 11.4 Å². The van der Waals surface area contributed by atoms with Crippen LogP contribution in [0.25, 0.3) is 0 Å². The fraction of sp³-hybridized carbons (Fsp3) is 0.222. The number of nitrogens with one attached hydrogen (secondary N) is 1. The second-order valence-electron chi connectivity index (χ2n) is 6.00. The number of benzene rings is 2. The summed E-state index contributed by atoms with van der Waals surface area (Å²) < 4.78 is 10.6. The van der Waals surface area contributed by atoms with Crippen molar-refractivity contribution in [3.05, 3.63) is 67.8 Å². The Hall–Kier alpha value is -4.02. The van der Waals surface area contributed by atoms with Gasteiger partial charge in [-0.15, -0.1) is 0 Å². The monoisotopic (exact) mass is 402 g/mol. The number of rotatable bonds is 8. The zero-order valence-electron chi connectivity index (χ0n) is 15.8. The fourth-order valence-electron chi connectivity index (χ4n) is 2.31. The minimum absolute atomic E-state index is 0.00900. The van der Waals surface area contributed by atoms with Crippen LogP contribution in [-0.4, -0.2) is 35.2 Å². The van der Waals surface area contributed by atoms with Crippen LogP contribution in [0.1, 0.15) is 29.8 Å². The molecular formula is C18H18N4O7. The van der Waals surface area contributed by atoms with Crippen molar-refractivity contribution in [1.82, 2.24) is 5.43 Å². The summed E-state index contributed by atoms with van der Waals surface area (Å²) in [6.45, 7) is 3.45. The van der Waals surface area contributed by atoms with E-state index in [2.05, 4.69) is 10.5 Å².